The molecule has 3 heterocycles. The first kappa shape index (κ1) is 20.8. The zero-order valence-corrected chi connectivity index (χ0v) is 17.7. The molecule has 3 aromatic rings. The summed E-state index contributed by atoms with van der Waals surface area (Å²) in [6.07, 6.45) is 4.42. The van der Waals surface area contributed by atoms with Gasteiger partial charge in [0.1, 0.15) is 22.0 Å². The van der Waals surface area contributed by atoms with Crippen LogP contribution >= 0.6 is 11.3 Å². The number of likely N-dealkylation sites (N-methyl/N-ethyl adjacent to an activating group) is 1. The summed E-state index contributed by atoms with van der Waals surface area (Å²) in [7, 11) is 1.73. The number of hydrogen-bond donors (Lipinski definition) is 5. The van der Waals surface area contributed by atoms with Crippen molar-refractivity contribution in [3.63, 3.8) is 0 Å². The number of carbonyl (C=O) groups excluding carboxylic acids is 2. The number of thiazole rings is 1. The first-order valence-corrected chi connectivity index (χ1v) is 10.6. The fraction of sp³-hybridized carbons (Fsp3) is 0.300. The molecule has 10 nitrogen and oxygen atoms in total. The lowest BCUT2D eigenvalue weighted by Gasteiger charge is -2.41. The molecular weight excluding hydrogens is 418 g/mol. The number of aromatic amines is 1. The maximum Gasteiger partial charge on any atom is 0.275 e. The average Bonchev–Trinajstić information content (AvgIpc) is 3.46. The highest BCUT2D eigenvalue weighted by Crippen LogP contribution is 2.34. The SMILES string of the molecule is CNC1(C(N)=O)CCN(c2ccc(O)cc2NC(=O)c2csc(-c3cn[nH]c3)n2)CC1. The molecule has 0 bridgehead atoms. The molecule has 6 N–H and O–H groups in total. The van der Waals surface area contributed by atoms with Crippen LogP contribution in [0.5, 0.6) is 5.75 Å². The number of anilines is 2. The lowest BCUT2D eigenvalue weighted by atomic mass is 9.86. The number of piperidine rings is 1. The summed E-state index contributed by atoms with van der Waals surface area (Å²) in [5, 5.41) is 24.9. The van der Waals surface area contributed by atoms with E-state index in [1.165, 1.54) is 17.4 Å². The van der Waals surface area contributed by atoms with Crippen molar-refractivity contribution in [3.05, 3.63) is 41.7 Å². The predicted octanol–water partition coefficient (Wildman–Crippen LogP) is 1.53. The first-order chi connectivity index (χ1) is 14.9. The number of benzene rings is 1. The third-order valence-electron chi connectivity index (χ3n) is 5.62. The summed E-state index contributed by atoms with van der Waals surface area (Å²) in [4.78, 5) is 31.1. The molecule has 11 heteroatoms. The van der Waals surface area contributed by atoms with E-state index < -0.39 is 5.54 Å². The fourth-order valence-corrected chi connectivity index (χ4v) is 4.50. The predicted molar refractivity (Wildman–Crippen MR) is 118 cm³/mol. The molecule has 31 heavy (non-hydrogen) atoms. The lowest BCUT2D eigenvalue weighted by molar-refractivity contribution is -0.125. The van der Waals surface area contributed by atoms with E-state index in [0.717, 1.165) is 11.3 Å². The van der Waals surface area contributed by atoms with E-state index >= 15 is 0 Å². The molecule has 0 atom stereocenters. The highest BCUT2D eigenvalue weighted by atomic mass is 32.1. The number of phenolic OH excluding ortho intramolecular Hbond substituents is 1. The molecule has 2 amide bonds. The third-order valence-corrected chi connectivity index (χ3v) is 6.51. The summed E-state index contributed by atoms with van der Waals surface area (Å²) >= 11 is 1.34. The van der Waals surface area contributed by atoms with Crippen molar-refractivity contribution in [2.45, 2.75) is 18.4 Å². The van der Waals surface area contributed by atoms with Gasteiger partial charge in [-0.2, -0.15) is 5.10 Å². The molecule has 1 aromatic carbocycles. The standard InChI is InChI=1S/C20H23N7O3S/c1-22-20(19(21)30)4-6-27(7-5-20)16-3-2-13(28)8-14(16)25-17(29)15-11-31-18(26-15)12-9-23-24-10-12/h2-3,8-11,22,28H,4-7H2,1H3,(H2,21,30)(H,23,24)(H,25,29). The third kappa shape index (κ3) is 4.09. The normalized spacial score (nSPS) is 15.6. The number of amides is 2. The van der Waals surface area contributed by atoms with Gasteiger partial charge in [0.25, 0.3) is 5.91 Å². The Balaban J connectivity index is 1.53. The molecule has 4 rings (SSSR count). The molecule has 1 aliphatic heterocycles. The highest BCUT2D eigenvalue weighted by molar-refractivity contribution is 7.13. The molecule has 0 aliphatic carbocycles. The fourth-order valence-electron chi connectivity index (χ4n) is 3.71. The minimum absolute atomic E-state index is 0.0372. The molecule has 0 unspecified atom stereocenters. The Bertz CT molecular complexity index is 1090. The van der Waals surface area contributed by atoms with Gasteiger partial charge in [0.05, 0.1) is 17.6 Å². The number of primary amides is 1. The Labute approximate surface area is 182 Å². The van der Waals surface area contributed by atoms with E-state index in [-0.39, 0.29) is 23.3 Å². The van der Waals surface area contributed by atoms with Crippen molar-refractivity contribution in [2.75, 3.05) is 30.4 Å². The van der Waals surface area contributed by atoms with Gasteiger partial charge >= 0.3 is 0 Å². The number of phenols is 1. The zero-order valence-electron chi connectivity index (χ0n) is 16.9. The molecule has 0 spiro atoms. The number of carbonyl (C=O) groups is 2. The number of hydrogen-bond acceptors (Lipinski definition) is 8. The van der Waals surface area contributed by atoms with E-state index in [1.54, 1.807) is 37.0 Å². The number of H-pyrrole nitrogens is 1. The number of nitrogens with zero attached hydrogens (tertiary/aromatic N) is 3. The van der Waals surface area contributed by atoms with E-state index in [0.29, 0.717) is 36.6 Å². The van der Waals surface area contributed by atoms with Crippen LogP contribution in [0.2, 0.25) is 0 Å². The Hall–Kier alpha value is -3.44. The van der Waals surface area contributed by atoms with Crippen LogP contribution in [0.1, 0.15) is 23.3 Å². The van der Waals surface area contributed by atoms with Gasteiger partial charge < -0.3 is 26.4 Å². The van der Waals surface area contributed by atoms with Crippen LogP contribution in [-0.4, -0.2) is 57.8 Å². The van der Waals surface area contributed by atoms with Gasteiger partial charge in [-0.05, 0) is 32.0 Å². The topological polar surface area (TPSA) is 149 Å². The van der Waals surface area contributed by atoms with Gasteiger partial charge in [-0.3, -0.25) is 14.7 Å². The van der Waals surface area contributed by atoms with Crippen molar-refractivity contribution < 1.29 is 14.7 Å². The van der Waals surface area contributed by atoms with Crippen LogP contribution in [0.25, 0.3) is 10.6 Å². The van der Waals surface area contributed by atoms with Crippen LogP contribution in [-0.2, 0) is 4.79 Å². The van der Waals surface area contributed by atoms with E-state index in [9.17, 15) is 14.7 Å². The summed E-state index contributed by atoms with van der Waals surface area (Å²) in [6.45, 7) is 1.14. The second-order valence-electron chi connectivity index (χ2n) is 7.36. The van der Waals surface area contributed by atoms with Gasteiger partial charge in [-0.1, -0.05) is 0 Å². The Morgan fingerprint density at radius 2 is 2.10 bits per heavy atom. The lowest BCUT2D eigenvalue weighted by Crippen LogP contribution is -2.59. The molecule has 1 fully saturated rings. The van der Waals surface area contributed by atoms with Gasteiger partial charge in [0.15, 0.2) is 0 Å². The molecule has 2 aromatic heterocycles. The van der Waals surface area contributed by atoms with E-state index in [2.05, 4.69) is 30.7 Å². The molecule has 0 saturated carbocycles. The Morgan fingerprint density at radius 1 is 1.32 bits per heavy atom. The van der Waals surface area contributed by atoms with Crippen LogP contribution in [0.15, 0.2) is 36.0 Å². The molecule has 1 saturated heterocycles. The van der Waals surface area contributed by atoms with Crippen LogP contribution in [0.4, 0.5) is 11.4 Å². The van der Waals surface area contributed by atoms with E-state index in [4.69, 9.17) is 5.73 Å². The van der Waals surface area contributed by atoms with Crippen molar-refractivity contribution in [3.8, 4) is 16.3 Å². The number of rotatable bonds is 6. The number of aromatic hydroxyl groups is 1. The first-order valence-electron chi connectivity index (χ1n) is 9.75. The smallest absolute Gasteiger partial charge is 0.275 e. The number of aromatic nitrogens is 3. The Kier molecular flexibility index (Phi) is 5.61. The van der Waals surface area contributed by atoms with Crippen molar-refractivity contribution in [1.82, 2.24) is 20.5 Å². The highest BCUT2D eigenvalue weighted by Gasteiger charge is 2.38. The van der Waals surface area contributed by atoms with Gasteiger partial charge in [0, 0.05) is 36.3 Å². The molecular formula is C20H23N7O3S. The van der Waals surface area contributed by atoms with Crippen LogP contribution in [0, 0.1) is 0 Å². The maximum absolute atomic E-state index is 12.8. The Morgan fingerprint density at radius 3 is 2.74 bits per heavy atom. The maximum atomic E-state index is 12.8. The average molecular weight is 442 g/mol. The summed E-state index contributed by atoms with van der Waals surface area (Å²) in [5.74, 6) is -0.711. The van der Waals surface area contributed by atoms with Gasteiger partial charge in [0.2, 0.25) is 5.91 Å². The molecule has 162 valence electrons. The zero-order chi connectivity index (χ0) is 22.0. The molecule has 0 radical (unpaired) electrons. The second kappa shape index (κ2) is 8.36. The second-order valence-corrected chi connectivity index (χ2v) is 8.22. The van der Waals surface area contributed by atoms with Gasteiger partial charge in [-0.15, -0.1) is 11.3 Å². The van der Waals surface area contributed by atoms with Crippen molar-refractivity contribution >= 4 is 34.5 Å². The van der Waals surface area contributed by atoms with Gasteiger partial charge in [-0.25, -0.2) is 4.98 Å². The molecule has 1 aliphatic rings. The minimum Gasteiger partial charge on any atom is -0.508 e. The minimum atomic E-state index is -0.735. The quantitative estimate of drug-likeness (QED) is 0.389. The summed E-state index contributed by atoms with van der Waals surface area (Å²) in [6, 6.07) is 4.82. The number of nitrogens with two attached hydrogens (primary N) is 1. The number of nitrogens with one attached hydrogen (secondary N) is 3. The van der Waals surface area contributed by atoms with Crippen LogP contribution in [0.3, 0.4) is 0 Å². The largest absolute Gasteiger partial charge is 0.508 e. The monoisotopic (exact) mass is 441 g/mol. The summed E-state index contributed by atoms with van der Waals surface area (Å²) < 4.78 is 0. The van der Waals surface area contributed by atoms with Crippen molar-refractivity contribution in [2.24, 2.45) is 5.73 Å². The van der Waals surface area contributed by atoms with E-state index in [1.807, 2.05) is 0 Å². The summed E-state index contributed by atoms with van der Waals surface area (Å²) in [5.41, 5.74) is 7.16. The van der Waals surface area contributed by atoms with Crippen LogP contribution < -0.4 is 21.3 Å². The van der Waals surface area contributed by atoms with Crippen molar-refractivity contribution in [1.29, 1.82) is 0 Å².